The molecule has 23 heavy (non-hydrogen) atoms. The van der Waals surface area contributed by atoms with Gasteiger partial charge >= 0.3 is 12.1 Å². The van der Waals surface area contributed by atoms with E-state index in [2.05, 4.69) is 0 Å². The lowest BCUT2D eigenvalue weighted by Crippen LogP contribution is -2.18. The summed E-state index contributed by atoms with van der Waals surface area (Å²) in [6.45, 7) is 0. The maximum absolute atomic E-state index is 12.9. The summed E-state index contributed by atoms with van der Waals surface area (Å²) in [6.07, 6.45) is -4.71. The van der Waals surface area contributed by atoms with Gasteiger partial charge in [-0.2, -0.15) is 13.2 Å². The standard InChI is InChI=1S/C15H8Cl2F3NO2/c16-8-5-6-10(12(17)7-8)13(21)23-14(22)9-3-1-2-4-11(9)15(18,19)20/h1-7,21H. The molecule has 1 N–H and O–H groups in total. The van der Waals surface area contributed by atoms with Crippen LogP contribution in [0.1, 0.15) is 21.5 Å². The summed E-state index contributed by atoms with van der Waals surface area (Å²) >= 11 is 11.6. The molecule has 0 bridgehead atoms. The van der Waals surface area contributed by atoms with E-state index in [0.29, 0.717) is 5.02 Å². The molecule has 120 valence electrons. The highest BCUT2D eigenvalue weighted by atomic mass is 35.5. The lowest BCUT2D eigenvalue weighted by atomic mass is 10.1. The number of benzene rings is 2. The zero-order valence-corrected chi connectivity index (χ0v) is 12.8. The third-order valence-corrected chi connectivity index (χ3v) is 3.37. The van der Waals surface area contributed by atoms with Gasteiger partial charge in [-0.25, -0.2) is 4.79 Å². The predicted octanol–water partition coefficient (Wildman–Crippen LogP) is 5.19. The molecule has 0 aliphatic carbocycles. The van der Waals surface area contributed by atoms with Gasteiger partial charge in [0.25, 0.3) is 0 Å². The van der Waals surface area contributed by atoms with Crippen molar-refractivity contribution in [2.75, 3.05) is 0 Å². The first kappa shape index (κ1) is 17.3. The first-order valence-electron chi connectivity index (χ1n) is 6.12. The molecule has 0 atom stereocenters. The van der Waals surface area contributed by atoms with Crippen molar-refractivity contribution in [3.63, 3.8) is 0 Å². The highest BCUT2D eigenvalue weighted by molar-refractivity contribution is 6.36. The van der Waals surface area contributed by atoms with Crippen molar-refractivity contribution >= 4 is 35.1 Å². The van der Waals surface area contributed by atoms with E-state index in [4.69, 9.17) is 33.3 Å². The minimum absolute atomic E-state index is 0.0360. The minimum atomic E-state index is -4.71. The van der Waals surface area contributed by atoms with Crippen LogP contribution in [0.5, 0.6) is 0 Å². The van der Waals surface area contributed by atoms with Gasteiger partial charge in [0, 0.05) is 5.02 Å². The summed E-state index contributed by atoms with van der Waals surface area (Å²) in [6, 6.07) is 8.22. The first-order chi connectivity index (χ1) is 10.7. The zero-order chi connectivity index (χ0) is 17.2. The topological polar surface area (TPSA) is 50.1 Å². The molecule has 8 heteroatoms. The van der Waals surface area contributed by atoms with Gasteiger partial charge in [0.05, 0.1) is 21.7 Å². The Morgan fingerprint density at radius 1 is 1.04 bits per heavy atom. The molecule has 0 aromatic heterocycles. The summed E-state index contributed by atoms with van der Waals surface area (Å²) in [5.41, 5.74) is -1.79. The van der Waals surface area contributed by atoms with Gasteiger partial charge in [-0.1, -0.05) is 35.3 Å². The smallest absolute Gasteiger partial charge is 0.404 e. The Morgan fingerprint density at radius 2 is 1.70 bits per heavy atom. The summed E-state index contributed by atoms with van der Waals surface area (Å²) in [4.78, 5) is 11.9. The molecule has 0 amide bonds. The second-order valence-electron chi connectivity index (χ2n) is 4.39. The third-order valence-electron chi connectivity index (χ3n) is 2.82. The van der Waals surface area contributed by atoms with Crippen LogP contribution in [-0.4, -0.2) is 11.9 Å². The number of esters is 1. The third kappa shape index (κ3) is 4.03. The number of ether oxygens (including phenoxy) is 1. The molecule has 0 saturated carbocycles. The zero-order valence-electron chi connectivity index (χ0n) is 11.2. The van der Waals surface area contributed by atoms with Crippen molar-refractivity contribution in [3.05, 3.63) is 69.2 Å². The fraction of sp³-hybridized carbons (Fsp3) is 0.0667. The molecule has 2 aromatic rings. The van der Waals surface area contributed by atoms with Gasteiger partial charge in [-0.3, -0.25) is 5.41 Å². The maximum Gasteiger partial charge on any atom is 0.417 e. The van der Waals surface area contributed by atoms with E-state index < -0.39 is 29.2 Å². The molecule has 0 unspecified atom stereocenters. The molecule has 0 saturated heterocycles. The van der Waals surface area contributed by atoms with Crippen LogP contribution in [0.3, 0.4) is 0 Å². The number of carbonyl (C=O) groups is 1. The molecular weight excluding hydrogens is 354 g/mol. The van der Waals surface area contributed by atoms with Crippen molar-refractivity contribution < 1.29 is 22.7 Å². The average molecular weight is 362 g/mol. The fourth-order valence-electron chi connectivity index (χ4n) is 1.78. The molecule has 3 nitrogen and oxygen atoms in total. The Morgan fingerprint density at radius 3 is 2.30 bits per heavy atom. The molecule has 0 fully saturated rings. The number of carbonyl (C=O) groups excluding carboxylic acids is 1. The van der Waals surface area contributed by atoms with E-state index in [1.54, 1.807) is 0 Å². The quantitative estimate of drug-likeness (QED) is 0.454. The summed E-state index contributed by atoms with van der Waals surface area (Å²) < 4.78 is 43.3. The van der Waals surface area contributed by atoms with Crippen LogP contribution < -0.4 is 0 Å². The van der Waals surface area contributed by atoms with Crippen molar-refractivity contribution in [2.45, 2.75) is 6.18 Å². The summed E-state index contributed by atoms with van der Waals surface area (Å²) in [7, 11) is 0. The Bertz CT molecular complexity index is 776. The van der Waals surface area contributed by atoms with Crippen molar-refractivity contribution in [2.24, 2.45) is 0 Å². The van der Waals surface area contributed by atoms with Gasteiger partial charge in [-0.15, -0.1) is 0 Å². The lowest BCUT2D eigenvalue weighted by molar-refractivity contribution is -0.138. The van der Waals surface area contributed by atoms with Crippen LogP contribution in [0.15, 0.2) is 42.5 Å². The van der Waals surface area contributed by atoms with Gasteiger partial charge in [0.1, 0.15) is 0 Å². The normalized spacial score (nSPS) is 11.2. The molecular formula is C15H8Cl2F3NO2. The SMILES string of the molecule is N=C(OC(=O)c1ccccc1C(F)(F)F)c1ccc(Cl)cc1Cl. The highest BCUT2D eigenvalue weighted by Gasteiger charge is 2.35. The molecule has 0 heterocycles. The number of alkyl halides is 3. The molecule has 2 rings (SSSR count). The maximum atomic E-state index is 12.9. The molecule has 0 aliphatic rings. The van der Waals surface area contributed by atoms with Crippen molar-refractivity contribution in [1.29, 1.82) is 5.41 Å². The molecule has 0 aliphatic heterocycles. The van der Waals surface area contributed by atoms with Gasteiger partial charge < -0.3 is 4.74 Å². The van der Waals surface area contributed by atoms with E-state index in [1.165, 1.54) is 24.3 Å². The van der Waals surface area contributed by atoms with Gasteiger partial charge in [-0.05, 0) is 30.3 Å². The Hall–Kier alpha value is -2.05. The fourth-order valence-corrected chi connectivity index (χ4v) is 2.28. The number of nitrogens with one attached hydrogen (secondary N) is 1. The predicted molar refractivity (Wildman–Crippen MR) is 80.2 cm³/mol. The number of halogens is 5. The van der Waals surface area contributed by atoms with E-state index in [-0.39, 0.29) is 10.6 Å². The molecule has 0 spiro atoms. The Balaban J connectivity index is 2.28. The van der Waals surface area contributed by atoms with Crippen LogP contribution in [-0.2, 0) is 10.9 Å². The average Bonchev–Trinajstić information content (AvgIpc) is 2.46. The summed E-state index contributed by atoms with van der Waals surface area (Å²) in [5.74, 6) is -1.97. The first-order valence-corrected chi connectivity index (χ1v) is 6.88. The highest BCUT2D eigenvalue weighted by Crippen LogP contribution is 2.32. The van der Waals surface area contributed by atoms with Crippen LogP contribution in [0.4, 0.5) is 13.2 Å². The Kier molecular flexibility index (Phi) is 4.97. The van der Waals surface area contributed by atoms with E-state index in [0.717, 1.165) is 18.2 Å². The Labute approximate surface area is 139 Å². The van der Waals surface area contributed by atoms with E-state index in [9.17, 15) is 18.0 Å². The van der Waals surface area contributed by atoms with E-state index in [1.807, 2.05) is 0 Å². The van der Waals surface area contributed by atoms with Crippen LogP contribution in [0.25, 0.3) is 0 Å². The molecule has 2 aromatic carbocycles. The van der Waals surface area contributed by atoms with Gasteiger partial charge in [0.15, 0.2) is 0 Å². The van der Waals surface area contributed by atoms with Gasteiger partial charge in [0.2, 0.25) is 5.90 Å². The van der Waals surface area contributed by atoms with Crippen LogP contribution in [0.2, 0.25) is 10.0 Å². The summed E-state index contributed by atoms with van der Waals surface area (Å²) in [5, 5.41) is 8.04. The second kappa shape index (κ2) is 6.60. The lowest BCUT2D eigenvalue weighted by Gasteiger charge is -2.12. The minimum Gasteiger partial charge on any atom is -0.404 e. The largest absolute Gasteiger partial charge is 0.417 e. The van der Waals surface area contributed by atoms with E-state index >= 15 is 0 Å². The van der Waals surface area contributed by atoms with Crippen molar-refractivity contribution in [1.82, 2.24) is 0 Å². The van der Waals surface area contributed by atoms with Crippen LogP contribution >= 0.6 is 23.2 Å². The van der Waals surface area contributed by atoms with Crippen molar-refractivity contribution in [3.8, 4) is 0 Å². The number of hydrogen-bond acceptors (Lipinski definition) is 3. The number of hydrogen-bond donors (Lipinski definition) is 1. The van der Waals surface area contributed by atoms with Crippen LogP contribution in [0, 0.1) is 5.41 Å². The monoisotopic (exact) mass is 361 g/mol. The second-order valence-corrected chi connectivity index (χ2v) is 5.23. The number of rotatable bonds is 2. The molecule has 0 radical (unpaired) electrons.